The number of aryl methyl sites for hydroxylation is 2. The monoisotopic (exact) mass is 306 g/mol. The van der Waals surface area contributed by atoms with E-state index in [2.05, 4.69) is 80.0 Å². The van der Waals surface area contributed by atoms with Gasteiger partial charge in [0.25, 0.3) is 0 Å². The van der Waals surface area contributed by atoms with Crippen LogP contribution in [-0.4, -0.2) is 12.6 Å². The van der Waals surface area contributed by atoms with E-state index in [0.29, 0.717) is 6.04 Å². The maximum absolute atomic E-state index is 3.67. The first kappa shape index (κ1) is 15.7. The van der Waals surface area contributed by atoms with Crippen molar-refractivity contribution in [3.05, 3.63) is 64.7 Å². The van der Waals surface area contributed by atoms with Crippen molar-refractivity contribution in [3.8, 4) is 0 Å². The van der Waals surface area contributed by atoms with Crippen LogP contribution in [0.15, 0.2) is 42.5 Å². The minimum Gasteiger partial charge on any atom is -0.385 e. The lowest BCUT2D eigenvalue weighted by Gasteiger charge is -2.19. The van der Waals surface area contributed by atoms with Gasteiger partial charge in [-0.3, -0.25) is 0 Å². The van der Waals surface area contributed by atoms with Gasteiger partial charge < -0.3 is 10.6 Å². The van der Waals surface area contributed by atoms with Crippen LogP contribution in [0.2, 0.25) is 0 Å². The maximum Gasteiger partial charge on any atom is 0.0384 e. The van der Waals surface area contributed by atoms with Crippen LogP contribution < -0.4 is 10.6 Å². The second-order valence-electron chi connectivity index (χ2n) is 6.56. The van der Waals surface area contributed by atoms with Gasteiger partial charge in [0, 0.05) is 24.0 Å². The highest BCUT2D eigenvalue weighted by molar-refractivity contribution is 5.69. The summed E-state index contributed by atoms with van der Waals surface area (Å²) in [5.41, 5.74) is 7.95. The van der Waals surface area contributed by atoms with Gasteiger partial charge >= 0.3 is 0 Å². The number of nitrogens with one attached hydrogen (secondary N) is 2. The van der Waals surface area contributed by atoms with E-state index in [1.807, 2.05) is 0 Å². The third-order valence-corrected chi connectivity index (χ3v) is 4.51. The zero-order valence-corrected chi connectivity index (χ0v) is 14.3. The van der Waals surface area contributed by atoms with Crippen molar-refractivity contribution in [2.75, 3.05) is 17.2 Å². The molecule has 2 N–H and O–H groups in total. The summed E-state index contributed by atoms with van der Waals surface area (Å²) in [7, 11) is 0. The number of benzene rings is 2. The Balaban J connectivity index is 1.52. The van der Waals surface area contributed by atoms with E-state index < -0.39 is 0 Å². The summed E-state index contributed by atoms with van der Waals surface area (Å²) in [6.07, 6.45) is 6.59. The predicted molar refractivity (Wildman–Crippen MR) is 101 cm³/mol. The van der Waals surface area contributed by atoms with Gasteiger partial charge in [0.15, 0.2) is 0 Å². The second kappa shape index (κ2) is 6.91. The first-order chi connectivity index (χ1) is 11.1. The fraction of sp³-hybridized carbons (Fsp3) is 0.333. The molecule has 0 spiro atoms. The average Bonchev–Trinajstić information content (AvgIpc) is 2.99. The summed E-state index contributed by atoms with van der Waals surface area (Å²) in [5, 5.41) is 7.23. The van der Waals surface area contributed by atoms with Crippen LogP contribution in [0.3, 0.4) is 0 Å². The summed E-state index contributed by atoms with van der Waals surface area (Å²) in [5.74, 6) is 0. The van der Waals surface area contributed by atoms with Gasteiger partial charge in [-0.15, -0.1) is 0 Å². The van der Waals surface area contributed by atoms with Crippen LogP contribution in [0.25, 0.3) is 6.08 Å². The second-order valence-corrected chi connectivity index (χ2v) is 6.56. The summed E-state index contributed by atoms with van der Waals surface area (Å²) in [6, 6.07) is 13.5. The van der Waals surface area contributed by atoms with E-state index in [4.69, 9.17) is 0 Å². The number of allylic oxidation sites excluding steroid dienone is 1. The molecule has 2 nitrogen and oxygen atoms in total. The van der Waals surface area contributed by atoms with Crippen LogP contribution in [0.1, 0.15) is 35.6 Å². The number of rotatable bonds is 6. The van der Waals surface area contributed by atoms with Crippen molar-refractivity contribution in [2.45, 2.75) is 39.7 Å². The minimum absolute atomic E-state index is 0.445. The molecule has 0 fully saturated rings. The molecule has 0 aromatic heterocycles. The molecule has 0 radical (unpaired) electrons. The van der Waals surface area contributed by atoms with Gasteiger partial charge in [-0.2, -0.15) is 0 Å². The molecule has 0 saturated heterocycles. The molecule has 1 aliphatic carbocycles. The van der Waals surface area contributed by atoms with E-state index in [9.17, 15) is 0 Å². The highest BCUT2D eigenvalue weighted by Crippen LogP contribution is 2.27. The van der Waals surface area contributed by atoms with Crippen molar-refractivity contribution < 1.29 is 0 Å². The Bertz CT molecular complexity index is 716. The molecule has 2 aromatic carbocycles. The van der Waals surface area contributed by atoms with Crippen molar-refractivity contribution in [2.24, 2.45) is 0 Å². The molecule has 0 bridgehead atoms. The van der Waals surface area contributed by atoms with E-state index in [1.165, 1.54) is 33.6 Å². The van der Waals surface area contributed by atoms with Gasteiger partial charge in [-0.25, -0.2) is 0 Å². The molecule has 0 heterocycles. The van der Waals surface area contributed by atoms with Crippen molar-refractivity contribution >= 4 is 17.5 Å². The van der Waals surface area contributed by atoms with Crippen LogP contribution in [0, 0.1) is 13.8 Å². The summed E-state index contributed by atoms with van der Waals surface area (Å²) >= 11 is 0. The standard InChI is InChI=1S/C21H26N2/c1-15-10-11-20(16(2)14-15)22-13-12-17(3)23-21-9-5-7-18-6-4-8-19(18)21/h4-7,9-11,14,17,22-23H,8,12-13H2,1-3H3. The van der Waals surface area contributed by atoms with Crippen molar-refractivity contribution in [1.29, 1.82) is 0 Å². The Morgan fingerprint density at radius 2 is 1.96 bits per heavy atom. The molecule has 2 heteroatoms. The third kappa shape index (κ3) is 3.76. The highest BCUT2D eigenvalue weighted by atomic mass is 14.9. The lowest BCUT2D eigenvalue weighted by atomic mass is 10.1. The zero-order chi connectivity index (χ0) is 16.2. The molecule has 2 aromatic rings. The van der Waals surface area contributed by atoms with Crippen LogP contribution in [0.4, 0.5) is 11.4 Å². The molecule has 120 valence electrons. The van der Waals surface area contributed by atoms with E-state index in [0.717, 1.165) is 19.4 Å². The molecule has 1 atom stereocenters. The number of fused-ring (bicyclic) bond motifs is 1. The molecular formula is C21H26N2. The van der Waals surface area contributed by atoms with Crippen LogP contribution in [0.5, 0.6) is 0 Å². The van der Waals surface area contributed by atoms with Gasteiger partial charge in [0.2, 0.25) is 0 Å². The van der Waals surface area contributed by atoms with Crippen molar-refractivity contribution in [1.82, 2.24) is 0 Å². The fourth-order valence-electron chi connectivity index (χ4n) is 3.20. The summed E-state index contributed by atoms with van der Waals surface area (Å²) in [6.45, 7) is 7.53. The lowest BCUT2D eigenvalue weighted by Crippen LogP contribution is -2.20. The number of hydrogen-bond donors (Lipinski definition) is 2. The van der Waals surface area contributed by atoms with Crippen molar-refractivity contribution in [3.63, 3.8) is 0 Å². The zero-order valence-electron chi connectivity index (χ0n) is 14.3. The molecule has 0 amide bonds. The maximum atomic E-state index is 3.67. The first-order valence-corrected chi connectivity index (χ1v) is 8.49. The Kier molecular flexibility index (Phi) is 4.71. The summed E-state index contributed by atoms with van der Waals surface area (Å²) < 4.78 is 0. The largest absolute Gasteiger partial charge is 0.385 e. The molecular weight excluding hydrogens is 280 g/mol. The van der Waals surface area contributed by atoms with Gasteiger partial charge in [0.05, 0.1) is 0 Å². The minimum atomic E-state index is 0.445. The molecule has 23 heavy (non-hydrogen) atoms. The third-order valence-electron chi connectivity index (χ3n) is 4.51. The highest BCUT2D eigenvalue weighted by Gasteiger charge is 2.11. The molecule has 3 rings (SSSR count). The molecule has 0 aliphatic heterocycles. The molecule has 0 saturated carbocycles. The number of anilines is 2. The predicted octanol–water partition coefficient (Wildman–Crippen LogP) is 5.18. The normalized spacial score (nSPS) is 13.7. The molecule has 1 aliphatic rings. The number of hydrogen-bond acceptors (Lipinski definition) is 2. The molecule has 1 unspecified atom stereocenters. The Hall–Kier alpha value is -2.22. The van der Waals surface area contributed by atoms with Gasteiger partial charge in [-0.1, -0.05) is 42.0 Å². The topological polar surface area (TPSA) is 24.1 Å². The smallest absolute Gasteiger partial charge is 0.0384 e. The van der Waals surface area contributed by atoms with E-state index in [-0.39, 0.29) is 0 Å². The Morgan fingerprint density at radius 1 is 1.09 bits per heavy atom. The quantitative estimate of drug-likeness (QED) is 0.769. The van der Waals surface area contributed by atoms with Crippen LogP contribution >= 0.6 is 0 Å². The fourth-order valence-corrected chi connectivity index (χ4v) is 3.20. The Labute approximate surface area is 139 Å². The Morgan fingerprint density at radius 3 is 2.78 bits per heavy atom. The first-order valence-electron chi connectivity index (χ1n) is 8.49. The summed E-state index contributed by atoms with van der Waals surface area (Å²) in [4.78, 5) is 0. The lowest BCUT2D eigenvalue weighted by molar-refractivity contribution is 0.732. The van der Waals surface area contributed by atoms with Gasteiger partial charge in [0.1, 0.15) is 0 Å². The van der Waals surface area contributed by atoms with E-state index in [1.54, 1.807) is 0 Å². The van der Waals surface area contributed by atoms with Gasteiger partial charge in [-0.05, 0) is 62.4 Å². The van der Waals surface area contributed by atoms with E-state index >= 15 is 0 Å². The average molecular weight is 306 g/mol. The van der Waals surface area contributed by atoms with Crippen LogP contribution in [-0.2, 0) is 6.42 Å². The SMILES string of the molecule is Cc1ccc(NCCC(C)Nc2cccc3c2CC=C3)c(C)c1.